The van der Waals surface area contributed by atoms with Crippen LogP contribution in [0, 0.1) is 0 Å². The molecule has 0 radical (unpaired) electrons. The third-order valence-electron chi connectivity index (χ3n) is 2.48. The number of likely N-dealkylation sites (N-methyl/N-ethyl adjacent to an activating group) is 1. The molecule has 0 bridgehead atoms. The van der Waals surface area contributed by atoms with Crippen LogP contribution in [0.3, 0.4) is 0 Å². The van der Waals surface area contributed by atoms with Gasteiger partial charge in [0.05, 0.1) is 12.1 Å². The van der Waals surface area contributed by atoms with Gasteiger partial charge in [-0.15, -0.1) is 0 Å². The first-order chi connectivity index (χ1) is 7.15. The van der Waals surface area contributed by atoms with Crippen LogP contribution in [0.4, 0.5) is 0 Å². The zero-order valence-corrected chi connectivity index (χ0v) is 9.45. The summed E-state index contributed by atoms with van der Waals surface area (Å²) < 4.78 is 0. The molecule has 1 aromatic carbocycles. The summed E-state index contributed by atoms with van der Waals surface area (Å²) in [5.41, 5.74) is 1.12. The number of hydrogen-bond acceptors (Lipinski definition) is 2. The van der Waals surface area contributed by atoms with E-state index in [4.69, 9.17) is 0 Å². The van der Waals surface area contributed by atoms with E-state index in [0.29, 0.717) is 0 Å². The van der Waals surface area contributed by atoms with Crippen molar-refractivity contribution in [3.05, 3.63) is 35.9 Å². The van der Waals surface area contributed by atoms with Crippen LogP contribution < -0.4 is 10.6 Å². The van der Waals surface area contributed by atoms with Crippen molar-refractivity contribution >= 4 is 5.91 Å². The van der Waals surface area contributed by atoms with Gasteiger partial charge in [0.2, 0.25) is 5.91 Å². The van der Waals surface area contributed by atoms with Crippen molar-refractivity contribution < 1.29 is 4.79 Å². The number of hydrogen-bond donors (Lipinski definition) is 2. The van der Waals surface area contributed by atoms with Crippen LogP contribution in [0.2, 0.25) is 0 Å². The van der Waals surface area contributed by atoms with E-state index < -0.39 is 0 Å². The van der Waals surface area contributed by atoms with E-state index in [-0.39, 0.29) is 18.0 Å². The summed E-state index contributed by atoms with van der Waals surface area (Å²) in [6.07, 6.45) is 0. The lowest BCUT2D eigenvalue weighted by Crippen LogP contribution is -2.41. The van der Waals surface area contributed by atoms with Gasteiger partial charge >= 0.3 is 0 Å². The zero-order valence-electron chi connectivity index (χ0n) is 9.45. The van der Waals surface area contributed by atoms with Crippen molar-refractivity contribution in [3.8, 4) is 0 Å². The van der Waals surface area contributed by atoms with E-state index in [1.54, 1.807) is 7.05 Å². The molecule has 1 unspecified atom stereocenters. The van der Waals surface area contributed by atoms with Gasteiger partial charge in [-0.1, -0.05) is 30.3 Å². The number of carbonyl (C=O) groups is 1. The largest absolute Gasteiger partial charge is 0.348 e. The van der Waals surface area contributed by atoms with Gasteiger partial charge in [0.25, 0.3) is 0 Å². The quantitative estimate of drug-likeness (QED) is 0.783. The van der Waals surface area contributed by atoms with Gasteiger partial charge in [-0.2, -0.15) is 0 Å². The lowest BCUT2D eigenvalue weighted by Gasteiger charge is -2.17. The summed E-state index contributed by atoms with van der Waals surface area (Å²) in [5.74, 6) is 0.0221. The van der Waals surface area contributed by atoms with Crippen LogP contribution in [0.1, 0.15) is 25.5 Å². The minimum absolute atomic E-state index is 0.0221. The second kappa shape index (κ2) is 5.51. The predicted octanol–water partition coefficient (Wildman–Crippen LogP) is 1.47. The highest BCUT2D eigenvalue weighted by Gasteiger charge is 2.13. The smallest absolute Gasteiger partial charge is 0.237 e. The molecule has 1 rings (SSSR count). The number of nitrogens with one attached hydrogen (secondary N) is 2. The molecule has 0 aliphatic rings. The Morgan fingerprint density at radius 2 is 1.80 bits per heavy atom. The summed E-state index contributed by atoms with van der Waals surface area (Å²) in [6, 6.07) is 9.82. The van der Waals surface area contributed by atoms with Gasteiger partial charge in [0.15, 0.2) is 0 Å². The van der Waals surface area contributed by atoms with E-state index in [1.807, 2.05) is 44.2 Å². The Hall–Kier alpha value is -1.35. The molecule has 15 heavy (non-hydrogen) atoms. The minimum atomic E-state index is -0.156. The summed E-state index contributed by atoms with van der Waals surface area (Å²) in [6.45, 7) is 3.82. The molecule has 0 fully saturated rings. The molecule has 2 N–H and O–H groups in total. The highest BCUT2D eigenvalue weighted by molar-refractivity contribution is 5.81. The molecular formula is C12H18N2O. The molecule has 3 heteroatoms. The maximum absolute atomic E-state index is 11.6. The van der Waals surface area contributed by atoms with Crippen LogP contribution in [-0.4, -0.2) is 19.0 Å². The Morgan fingerprint density at radius 3 is 2.33 bits per heavy atom. The fourth-order valence-electron chi connectivity index (χ4n) is 1.29. The fraction of sp³-hybridized carbons (Fsp3) is 0.417. The van der Waals surface area contributed by atoms with Crippen LogP contribution in [0.5, 0.6) is 0 Å². The normalized spacial score (nSPS) is 14.3. The van der Waals surface area contributed by atoms with Crippen molar-refractivity contribution in [2.45, 2.75) is 25.9 Å². The van der Waals surface area contributed by atoms with Crippen LogP contribution in [0.15, 0.2) is 30.3 Å². The average Bonchev–Trinajstić information content (AvgIpc) is 2.29. The van der Waals surface area contributed by atoms with Gasteiger partial charge in [0.1, 0.15) is 0 Å². The highest BCUT2D eigenvalue weighted by atomic mass is 16.2. The first-order valence-corrected chi connectivity index (χ1v) is 5.17. The molecule has 2 atom stereocenters. The van der Waals surface area contributed by atoms with Gasteiger partial charge in [-0.3, -0.25) is 4.79 Å². The molecule has 0 aromatic heterocycles. The SMILES string of the molecule is CN[C@@H](C)C(=O)NC(C)c1ccccc1. The van der Waals surface area contributed by atoms with Gasteiger partial charge in [-0.05, 0) is 26.5 Å². The molecular weight excluding hydrogens is 188 g/mol. The van der Waals surface area contributed by atoms with Gasteiger partial charge < -0.3 is 10.6 Å². The topological polar surface area (TPSA) is 41.1 Å². The average molecular weight is 206 g/mol. The predicted molar refractivity (Wildman–Crippen MR) is 61.5 cm³/mol. The number of rotatable bonds is 4. The number of amides is 1. The first kappa shape index (κ1) is 11.7. The van der Waals surface area contributed by atoms with E-state index >= 15 is 0 Å². The van der Waals surface area contributed by atoms with Crippen LogP contribution in [-0.2, 0) is 4.79 Å². The standard InChI is InChI=1S/C12H18N2O/c1-9(11-7-5-4-6-8-11)14-12(15)10(2)13-3/h4-10,13H,1-3H3,(H,14,15)/t9?,10-/m0/s1. The Morgan fingerprint density at radius 1 is 1.20 bits per heavy atom. The van der Waals surface area contributed by atoms with E-state index in [9.17, 15) is 4.79 Å². The summed E-state index contributed by atoms with van der Waals surface area (Å²) in [5, 5.41) is 5.85. The third-order valence-corrected chi connectivity index (χ3v) is 2.48. The van der Waals surface area contributed by atoms with Crippen molar-refractivity contribution in [3.63, 3.8) is 0 Å². The molecule has 0 aliphatic heterocycles. The Labute approximate surface area is 90.9 Å². The van der Waals surface area contributed by atoms with Crippen molar-refractivity contribution in [2.24, 2.45) is 0 Å². The van der Waals surface area contributed by atoms with Crippen molar-refractivity contribution in [1.82, 2.24) is 10.6 Å². The van der Waals surface area contributed by atoms with Crippen LogP contribution >= 0.6 is 0 Å². The molecule has 0 saturated heterocycles. The molecule has 1 amide bonds. The van der Waals surface area contributed by atoms with Crippen LogP contribution in [0.25, 0.3) is 0 Å². The highest BCUT2D eigenvalue weighted by Crippen LogP contribution is 2.10. The lowest BCUT2D eigenvalue weighted by atomic mass is 10.1. The molecule has 0 spiro atoms. The second-order valence-electron chi connectivity index (χ2n) is 3.65. The molecule has 0 heterocycles. The second-order valence-corrected chi connectivity index (χ2v) is 3.65. The molecule has 3 nitrogen and oxygen atoms in total. The van der Waals surface area contributed by atoms with E-state index in [1.165, 1.54) is 0 Å². The van der Waals surface area contributed by atoms with Gasteiger partial charge in [-0.25, -0.2) is 0 Å². The summed E-state index contributed by atoms with van der Waals surface area (Å²) in [7, 11) is 1.78. The van der Waals surface area contributed by atoms with Crippen molar-refractivity contribution in [2.75, 3.05) is 7.05 Å². The lowest BCUT2D eigenvalue weighted by molar-refractivity contribution is -0.123. The maximum Gasteiger partial charge on any atom is 0.237 e. The number of benzene rings is 1. The third kappa shape index (κ3) is 3.36. The van der Waals surface area contributed by atoms with Gasteiger partial charge in [0, 0.05) is 0 Å². The summed E-state index contributed by atoms with van der Waals surface area (Å²) >= 11 is 0. The monoisotopic (exact) mass is 206 g/mol. The molecule has 82 valence electrons. The molecule has 0 saturated carbocycles. The Kier molecular flexibility index (Phi) is 4.31. The van der Waals surface area contributed by atoms with E-state index in [0.717, 1.165) is 5.56 Å². The number of carbonyl (C=O) groups excluding carboxylic acids is 1. The fourth-order valence-corrected chi connectivity index (χ4v) is 1.29. The molecule has 1 aromatic rings. The maximum atomic E-state index is 11.6. The Bertz CT molecular complexity index is 311. The van der Waals surface area contributed by atoms with Crippen molar-refractivity contribution in [1.29, 1.82) is 0 Å². The first-order valence-electron chi connectivity index (χ1n) is 5.17. The van der Waals surface area contributed by atoms with E-state index in [2.05, 4.69) is 10.6 Å². The minimum Gasteiger partial charge on any atom is -0.348 e. The Balaban J connectivity index is 2.56. The zero-order chi connectivity index (χ0) is 11.3. The molecule has 0 aliphatic carbocycles. The summed E-state index contributed by atoms with van der Waals surface area (Å²) in [4.78, 5) is 11.6.